The summed E-state index contributed by atoms with van der Waals surface area (Å²) in [6.45, 7) is 2.10. The van der Waals surface area contributed by atoms with Crippen molar-refractivity contribution in [2.45, 2.75) is 6.92 Å². The van der Waals surface area contributed by atoms with Gasteiger partial charge < -0.3 is 0 Å². The Kier molecular flexibility index (Phi) is 5.23. The van der Waals surface area contributed by atoms with E-state index in [4.69, 9.17) is 7.64 Å². The minimum atomic E-state index is 0.370. The van der Waals surface area contributed by atoms with E-state index in [2.05, 4.69) is 28.6 Å². The van der Waals surface area contributed by atoms with Gasteiger partial charge in [-0.1, -0.05) is 0 Å². The molecule has 8 heavy (non-hydrogen) atoms. The topological polar surface area (TPSA) is 12.4 Å². The Morgan fingerprint density at radius 1 is 1.50 bits per heavy atom. The molecule has 0 N–H and O–H groups in total. The van der Waals surface area contributed by atoms with Gasteiger partial charge in [0.2, 0.25) is 0 Å². The zero-order chi connectivity index (χ0) is 6.24. The summed E-state index contributed by atoms with van der Waals surface area (Å²) >= 11 is 0. The maximum atomic E-state index is 4.79. The summed E-state index contributed by atoms with van der Waals surface area (Å²) in [6.07, 6.45) is 0. The Morgan fingerprint density at radius 2 is 2.25 bits per heavy atom. The van der Waals surface area contributed by atoms with Gasteiger partial charge in [0.15, 0.2) is 0 Å². The van der Waals surface area contributed by atoms with Gasteiger partial charge in [-0.2, -0.15) is 0 Å². The van der Waals surface area contributed by atoms with Gasteiger partial charge in [-0.25, -0.2) is 0 Å². The van der Waals surface area contributed by atoms with Crippen LogP contribution < -0.4 is 0 Å². The molecular formula is C6H5BN. The van der Waals surface area contributed by atoms with E-state index in [0.29, 0.717) is 6.54 Å². The molecule has 2 heteroatoms. The van der Waals surface area contributed by atoms with Crippen LogP contribution in [-0.2, 0) is 0 Å². The number of rotatable bonds is 1. The molecule has 0 aromatic heterocycles. The fourth-order valence-corrected chi connectivity index (χ4v) is 0.192. The molecule has 0 amide bonds. The van der Waals surface area contributed by atoms with E-state index in [1.165, 1.54) is 0 Å². The second-order valence-electron chi connectivity index (χ2n) is 1.02. The molecule has 0 fully saturated rings. The van der Waals surface area contributed by atoms with Crippen LogP contribution in [0.5, 0.6) is 0 Å². The Labute approximate surface area is 50.6 Å². The summed E-state index contributed by atoms with van der Waals surface area (Å²) in [6, 6.07) is 0. The van der Waals surface area contributed by atoms with Crippen LogP contribution >= 0.6 is 0 Å². The van der Waals surface area contributed by atoms with Crippen molar-refractivity contribution in [2.75, 3.05) is 6.54 Å². The van der Waals surface area contributed by atoms with E-state index in [9.17, 15) is 0 Å². The van der Waals surface area contributed by atoms with Gasteiger partial charge in [-0.3, -0.25) is 0 Å². The maximum absolute atomic E-state index is 4.79. The van der Waals surface area contributed by atoms with Crippen molar-refractivity contribution in [1.29, 1.82) is 0 Å². The van der Waals surface area contributed by atoms with Crippen LogP contribution in [0.4, 0.5) is 0 Å². The molecule has 0 aromatic carbocycles. The third-order valence-corrected chi connectivity index (χ3v) is 0.446. The van der Waals surface area contributed by atoms with Crippen molar-refractivity contribution in [1.82, 2.24) is 0 Å². The molecule has 0 unspecified atom stereocenters. The second-order valence-corrected chi connectivity index (χ2v) is 1.02. The molecule has 0 spiro atoms. The quantitative estimate of drug-likeness (QED) is 0.335. The van der Waals surface area contributed by atoms with Crippen LogP contribution in [0, 0.1) is 23.7 Å². The first kappa shape index (κ1) is 6.98. The van der Waals surface area contributed by atoms with Gasteiger partial charge in [0.25, 0.3) is 0 Å². The molecule has 0 aliphatic carbocycles. The molecule has 1 radical (unpaired) electrons. The van der Waals surface area contributed by atoms with Crippen LogP contribution in [0.1, 0.15) is 6.92 Å². The molecule has 0 atom stereocenters. The summed E-state index contributed by atoms with van der Waals surface area (Å²) in [5, 5.41) is 0. The predicted octanol–water partition coefficient (Wildman–Crippen LogP) is 0.365. The molecule has 0 aromatic rings. The molecule has 0 rings (SSSR count). The first-order valence-corrected chi connectivity index (χ1v) is 2.18. The van der Waals surface area contributed by atoms with Crippen LogP contribution in [-0.4, -0.2) is 14.2 Å². The van der Waals surface area contributed by atoms with Crippen molar-refractivity contribution in [3.05, 3.63) is 0 Å². The summed E-state index contributed by atoms with van der Waals surface area (Å²) in [5.41, 5.74) is 0. The first-order chi connectivity index (χ1) is 3.91. The fraction of sp³-hybridized carbons (Fsp3) is 0.333. The minimum absolute atomic E-state index is 0.370. The fourth-order valence-electron chi connectivity index (χ4n) is 0.192. The Morgan fingerprint density at radius 3 is 2.75 bits per heavy atom. The van der Waals surface area contributed by atoms with Gasteiger partial charge >= 0.3 is 49.7 Å². The van der Waals surface area contributed by atoms with E-state index in [1.54, 1.807) is 6.92 Å². The van der Waals surface area contributed by atoms with E-state index in [1.807, 2.05) is 0 Å². The van der Waals surface area contributed by atoms with E-state index in [0.717, 1.165) is 0 Å². The molecule has 37 valence electrons. The van der Waals surface area contributed by atoms with E-state index >= 15 is 0 Å². The van der Waals surface area contributed by atoms with Gasteiger partial charge in [-0.15, -0.1) is 0 Å². The van der Waals surface area contributed by atoms with Gasteiger partial charge in [-0.05, 0) is 0 Å². The molecule has 0 saturated heterocycles. The Hall–Kier alpha value is -1.02. The molecule has 0 saturated carbocycles. The molecule has 0 bridgehead atoms. The van der Waals surface area contributed by atoms with Crippen LogP contribution in [0.15, 0.2) is 4.90 Å². The normalized spacial score (nSPS) is 5.00. The van der Waals surface area contributed by atoms with Crippen molar-refractivity contribution in [3.63, 3.8) is 0 Å². The van der Waals surface area contributed by atoms with Crippen molar-refractivity contribution in [2.24, 2.45) is 4.90 Å². The molecule has 0 aliphatic heterocycles. The van der Waals surface area contributed by atoms with Crippen LogP contribution in [0.25, 0.3) is 0 Å². The first-order valence-electron chi connectivity index (χ1n) is 2.18. The summed E-state index contributed by atoms with van der Waals surface area (Å²) < 4.78 is 0. The monoisotopic (exact) mass is 102 g/mol. The number of nitrogens with zero attached hydrogens (tertiary/aromatic N) is 1. The average Bonchev–Trinajstić information content (AvgIpc) is 1.81. The third kappa shape index (κ3) is 4.98. The second kappa shape index (κ2) is 5.98. The zero-order valence-electron chi connectivity index (χ0n) is 4.73. The van der Waals surface area contributed by atoms with E-state index in [-0.39, 0.29) is 0 Å². The molecule has 1 nitrogen and oxygen atoms in total. The van der Waals surface area contributed by atoms with Crippen molar-refractivity contribution in [3.8, 4) is 23.7 Å². The van der Waals surface area contributed by atoms with Crippen LogP contribution in [0.3, 0.4) is 0 Å². The third-order valence-electron chi connectivity index (χ3n) is 0.446. The summed E-state index contributed by atoms with van der Waals surface area (Å²) in [4.78, 5) is 3.27. The van der Waals surface area contributed by atoms with E-state index < -0.39 is 0 Å². The van der Waals surface area contributed by atoms with Gasteiger partial charge in [0, 0.05) is 0 Å². The summed E-state index contributed by atoms with van der Waals surface area (Å²) in [5.74, 6) is 10.3. The molecule has 0 heterocycles. The Bertz CT molecular complexity index is 174. The standard InChI is InChI=1S/C6H5BN/c1-2-3-4-5-6-8-7/h6H2,1H3. The molecular weight excluding hydrogens is 96.9 g/mol. The van der Waals surface area contributed by atoms with Crippen molar-refractivity contribution < 1.29 is 0 Å². The Balaban J connectivity index is 3.45. The molecule has 0 aliphatic rings. The number of hydrogen-bond donors (Lipinski definition) is 0. The van der Waals surface area contributed by atoms with Gasteiger partial charge in [0.1, 0.15) is 0 Å². The average molecular weight is 102 g/mol. The number of hydrogen-bond acceptors (Lipinski definition) is 1. The predicted molar refractivity (Wildman–Crippen MR) is 34.3 cm³/mol. The SMILES string of the molecule is [B]=NCC#CC#CC. The van der Waals surface area contributed by atoms with Crippen LogP contribution in [0.2, 0.25) is 0 Å². The summed E-state index contributed by atoms with van der Waals surface area (Å²) in [7, 11) is 4.79. The van der Waals surface area contributed by atoms with Gasteiger partial charge in [0.05, 0.1) is 0 Å². The van der Waals surface area contributed by atoms with Crippen molar-refractivity contribution >= 4 is 7.64 Å². The zero-order valence-corrected chi connectivity index (χ0v) is 4.73.